The van der Waals surface area contributed by atoms with E-state index in [1.165, 1.54) is 20.3 Å². The number of halogens is 2. The van der Waals surface area contributed by atoms with Gasteiger partial charge in [0, 0.05) is 10.0 Å². The zero-order valence-corrected chi connectivity index (χ0v) is 10.2. The predicted molar refractivity (Wildman–Crippen MR) is 60.0 cm³/mol. The molecule has 0 aliphatic carbocycles. The normalized spacial score (nSPS) is 10.2. The Balaban J connectivity index is 3.35. The maximum atomic E-state index is 13.5. The van der Waals surface area contributed by atoms with E-state index in [9.17, 15) is 4.39 Å². The lowest BCUT2D eigenvalue weighted by atomic mass is 10.1. The summed E-state index contributed by atoms with van der Waals surface area (Å²) in [5.41, 5.74) is 6.29. The van der Waals surface area contributed by atoms with Gasteiger partial charge in [-0.1, -0.05) is 15.9 Å². The Bertz CT molecular complexity index is 358. The van der Waals surface area contributed by atoms with Crippen LogP contribution in [-0.4, -0.2) is 20.8 Å². The molecule has 0 aliphatic heterocycles. The van der Waals surface area contributed by atoms with Crippen molar-refractivity contribution >= 4 is 15.9 Å². The highest BCUT2D eigenvalue weighted by Crippen LogP contribution is 2.38. The average molecular weight is 278 g/mol. The van der Waals surface area contributed by atoms with E-state index in [1.54, 1.807) is 0 Å². The van der Waals surface area contributed by atoms with Crippen molar-refractivity contribution in [3.05, 3.63) is 21.9 Å². The van der Waals surface area contributed by atoms with Crippen LogP contribution in [-0.2, 0) is 6.42 Å². The molecule has 1 rings (SSSR count). The minimum absolute atomic E-state index is 0.115. The molecule has 0 fully saturated rings. The lowest BCUT2D eigenvalue weighted by molar-refractivity contribution is 0.334. The first kappa shape index (κ1) is 12.3. The number of rotatable bonds is 4. The predicted octanol–water partition coefficient (Wildman–Crippen LogP) is 2.11. The number of ether oxygens (including phenoxy) is 2. The van der Waals surface area contributed by atoms with Gasteiger partial charge < -0.3 is 15.2 Å². The third-order valence-electron chi connectivity index (χ3n) is 2.04. The van der Waals surface area contributed by atoms with E-state index in [4.69, 9.17) is 15.2 Å². The Morgan fingerprint density at radius 2 is 1.93 bits per heavy atom. The molecular formula is C10H13BrFNO2. The number of nitrogens with two attached hydrogens (primary N) is 1. The standard InChI is InChI=1S/C10H13BrFNO2/c1-14-9-6(3-4-13)7(11)5-8(12)10(9)15-2/h5H,3-4,13H2,1-2H3. The highest BCUT2D eigenvalue weighted by atomic mass is 79.9. The Labute approximate surface area is 96.5 Å². The molecule has 0 amide bonds. The first-order valence-corrected chi connectivity index (χ1v) is 5.23. The van der Waals surface area contributed by atoms with Crippen LogP contribution in [0.15, 0.2) is 10.5 Å². The average Bonchev–Trinajstić information content (AvgIpc) is 2.21. The van der Waals surface area contributed by atoms with E-state index in [-0.39, 0.29) is 5.75 Å². The maximum Gasteiger partial charge on any atom is 0.197 e. The molecule has 0 spiro atoms. The van der Waals surface area contributed by atoms with Crippen LogP contribution in [0.4, 0.5) is 4.39 Å². The largest absolute Gasteiger partial charge is 0.492 e. The van der Waals surface area contributed by atoms with Gasteiger partial charge in [-0.15, -0.1) is 0 Å². The van der Waals surface area contributed by atoms with E-state index < -0.39 is 5.82 Å². The first-order valence-electron chi connectivity index (χ1n) is 4.44. The maximum absolute atomic E-state index is 13.5. The molecule has 5 heteroatoms. The Hall–Kier alpha value is -0.810. The van der Waals surface area contributed by atoms with Crippen molar-refractivity contribution in [2.45, 2.75) is 6.42 Å². The summed E-state index contributed by atoms with van der Waals surface area (Å²) in [5.74, 6) is 0.0565. The molecule has 0 aliphatic rings. The molecule has 0 unspecified atom stereocenters. The quantitative estimate of drug-likeness (QED) is 0.917. The molecule has 0 saturated heterocycles. The van der Waals surface area contributed by atoms with Crippen molar-refractivity contribution in [2.75, 3.05) is 20.8 Å². The number of hydrogen-bond acceptors (Lipinski definition) is 3. The summed E-state index contributed by atoms with van der Waals surface area (Å²) in [7, 11) is 2.88. The lowest BCUT2D eigenvalue weighted by Gasteiger charge is -2.14. The zero-order valence-electron chi connectivity index (χ0n) is 8.64. The highest BCUT2D eigenvalue weighted by Gasteiger charge is 2.18. The van der Waals surface area contributed by atoms with Crippen LogP contribution in [0.2, 0.25) is 0 Å². The summed E-state index contributed by atoms with van der Waals surface area (Å²) in [6.45, 7) is 0.462. The van der Waals surface area contributed by atoms with E-state index >= 15 is 0 Å². The molecule has 1 aromatic rings. The molecule has 3 nitrogen and oxygen atoms in total. The van der Waals surface area contributed by atoms with Gasteiger partial charge in [0.25, 0.3) is 0 Å². The summed E-state index contributed by atoms with van der Waals surface area (Å²) in [6, 6.07) is 1.35. The molecular weight excluding hydrogens is 265 g/mol. The van der Waals surface area contributed by atoms with Crippen LogP contribution in [0.3, 0.4) is 0 Å². The first-order chi connectivity index (χ1) is 7.15. The monoisotopic (exact) mass is 277 g/mol. The molecule has 1 aromatic carbocycles. The van der Waals surface area contributed by atoms with Crippen LogP contribution in [0.25, 0.3) is 0 Å². The van der Waals surface area contributed by atoms with Crippen LogP contribution in [0.5, 0.6) is 11.5 Å². The second-order valence-corrected chi connectivity index (χ2v) is 3.78. The molecule has 0 heterocycles. The Kier molecular flexibility index (Phi) is 4.35. The van der Waals surface area contributed by atoms with Crippen LogP contribution < -0.4 is 15.2 Å². The van der Waals surface area contributed by atoms with Gasteiger partial charge in [-0.05, 0) is 19.0 Å². The third kappa shape index (κ3) is 2.41. The van der Waals surface area contributed by atoms with Crippen LogP contribution in [0.1, 0.15) is 5.56 Å². The van der Waals surface area contributed by atoms with Gasteiger partial charge in [0.1, 0.15) is 0 Å². The van der Waals surface area contributed by atoms with Crippen molar-refractivity contribution in [3.63, 3.8) is 0 Å². The number of benzene rings is 1. The fraction of sp³-hybridized carbons (Fsp3) is 0.400. The molecule has 0 aromatic heterocycles. The van der Waals surface area contributed by atoms with E-state index in [2.05, 4.69) is 15.9 Å². The Morgan fingerprint density at radius 1 is 1.33 bits per heavy atom. The highest BCUT2D eigenvalue weighted by molar-refractivity contribution is 9.10. The van der Waals surface area contributed by atoms with Crippen molar-refractivity contribution in [1.29, 1.82) is 0 Å². The van der Waals surface area contributed by atoms with Crippen molar-refractivity contribution in [2.24, 2.45) is 5.73 Å². The van der Waals surface area contributed by atoms with E-state index in [1.807, 2.05) is 0 Å². The number of hydrogen-bond donors (Lipinski definition) is 1. The minimum Gasteiger partial charge on any atom is -0.492 e. The van der Waals surface area contributed by atoms with Crippen molar-refractivity contribution < 1.29 is 13.9 Å². The Morgan fingerprint density at radius 3 is 2.40 bits per heavy atom. The van der Waals surface area contributed by atoms with Gasteiger partial charge >= 0.3 is 0 Å². The van der Waals surface area contributed by atoms with Gasteiger partial charge in [0.05, 0.1) is 14.2 Å². The van der Waals surface area contributed by atoms with Gasteiger partial charge in [-0.25, -0.2) is 4.39 Å². The second-order valence-electron chi connectivity index (χ2n) is 2.92. The topological polar surface area (TPSA) is 44.5 Å². The van der Waals surface area contributed by atoms with E-state index in [0.717, 1.165) is 5.56 Å². The zero-order chi connectivity index (χ0) is 11.4. The van der Waals surface area contributed by atoms with Gasteiger partial charge in [0.2, 0.25) is 0 Å². The fourth-order valence-electron chi connectivity index (χ4n) is 1.40. The SMILES string of the molecule is COc1c(F)cc(Br)c(CCN)c1OC. The molecule has 0 bridgehead atoms. The summed E-state index contributed by atoms with van der Waals surface area (Å²) < 4.78 is 24.2. The minimum atomic E-state index is -0.456. The molecule has 0 atom stereocenters. The molecule has 0 saturated carbocycles. The summed E-state index contributed by atoms with van der Waals surface area (Å²) in [5, 5.41) is 0. The fourth-order valence-corrected chi connectivity index (χ4v) is 1.98. The van der Waals surface area contributed by atoms with Crippen molar-refractivity contribution in [3.8, 4) is 11.5 Å². The smallest absolute Gasteiger partial charge is 0.197 e. The van der Waals surface area contributed by atoms with E-state index in [0.29, 0.717) is 23.2 Å². The molecule has 0 radical (unpaired) electrons. The molecule has 2 N–H and O–H groups in total. The van der Waals surface area contributed by atoms with Gasteiger partial charge in [-0.3, -0.25) is 0 Å². The van der Waals surface area contributed by atoms with Crippen molar-refractivity contribution in [1.82, 2.24) is 0 Å². The van der Waals surface area contributed by atoms with Crippen LogP contribution >= 0.6 is 15.9 Å². The third-order valence-corrected chi connectivity index (χ3v) is 2.75. The van der Waals surface area contributed by atoms with Gasteiger partial charge in [-0.2, -0.15) is 0 Å². The lowest BCUT2D eigenvalue weighted by Crippen LogP contribution is -2.07. The molecule has 15 heavy (non-hydrogen) atoms. The summed E-state index contributed by atoms with van der Waals surface area (Å²) >= 11 is 3.27. The summed E-state index contributed by atoms with van der Waals surface area (Å²) in [6.07, 6.45) is 0.598. The molecule has 84 valence electrons. The number of methoxy groups -OCH3 is 2. The van der Waals surface area contributed by atoms with Crippen LogP contribution in [0, 0.1) is 5.82 Å². The summed E-state index contributed by atoms with van der Waals surface area (Å²) in [4.78, 5) is 0. The van der Waals surface area contributed by atoms with Gasteiger partial charge in [0.15, 0.2) is 17.3 Å². The second kappa shape index (κ2) is 5.32.